The molecule has 0 atom stereocenters. The molecule has 0 N–H and O–H groups in total. The highest BCUT2D eigenvalue weighted by Gasteiger charge is 2.13. The maximum atomic E-state index is 12.5. The molecule has 0 fully saturated rings. The van der Waals surface area contributed by atoms with E-state index < -0.39 is 0 Å². The van der Waals surface area contributed by atoms with Crippen molar-refractivity contribution in [3.8, 4) is 5.75 Å². The van der Waals surface area contributed by atoms with E-state index >= 15 is 0 Å². The first kappa shape index (κ1) is 14.7. The van der Waals surface area contributed by atoms with Crippen molar-refractivity contribution in [3.05, 3.63) is 59.7 Å². The molecule has 0 aliphatic rings. The number of para-hydroxylation sites is 1. The zero-order valence-corrected chi connectivity index (χ0v) is 12.6. The van der Waals surface area contributed by atoms with Crippen LogP contribution in [0.2, 0.25) is 0 Å². The van der Waals surface area contributed by atoms with Crippen LogP contribution in [-0.4, -0.2) is 18.1 Å². The fourth-order valence-electron chi connectivity index (χ4n) is 1.96. The van der Waals surface area contributed by atoms with Gasteiger partial charge in [-0.15, -0.1) is 11.8 Å². The summed E-state index contributed by atoms with van der Waals surface area (Å²) in [6.45, 7) is 4.58. The van der Waals surface area contributed by atoms with Crippen LogP contribution in [0.1, 0.15) is 29.8 Å². The van der Waals surface area contributed by atoms with E-state index in [4.69, 9.17) is 4.74 Å². The number of hydrogen-bond acceptors (Lipinski definition) is 3. The molecule has 0 saturated carbocycles. The van der Waals surface area contributed by atoms with Crippen LogP contribution in [0, 0.1) is 0 Å². The molecule has 2 aromatic carbocycles. The number of ether oxygens (including phenoxy) is 1. The average molecular weight is 286 g/mol. The highest BCUT2D eigenvalue weighted by atomic mass is 32.2. The first-order chi connectivity index (χ1) is 9.76. The molecule has 0 saturated heterocycles. The molecular weight excluding hydrogens is 268 g/mol. The van der Waals surface area contributed by atoms with Gasteiger partial charge in [0.1, 0.15) is 5.75 Å². The Morgan fingerprint density at radius 1 is 1.05 bits per heavy atom. The van der Waals surface area contributed by atoms with E-state index in [-0.39, 0.29) is 5.78 Å². The zero-order valence-electron chi connectivity index (χ0n) is 11.8. The number of ketones is 1. The summed E-state index contributed by atoms with van der Waals surface area (Å²) in [7, 11) is 0. The first-order valence-corrected chi connectivity index (χ1v) is 7.74. The van der Waals surface area contributed by atoms with Crippen LogP contribution in [0.5, 0.6) is 5.75 Å². The van der Waals surface area contributed by atoms with Crippen LogP contribution in [-0.2, 0) is 0 Å². The van der Waals surface area contributed by atoms with E-state index in [0.717, 1.165) is 5.75 Å². The summed E-state index contributed by atoms with van der Waals surface area (Å²) in [6.07, 6.45) is 0. The van der Waals surface area contributed by atoms with Gasteiger partial charge in [-0.3, -0.25) is 4.79 Å². The molecule has 3 heteroatoms. The fraction of sp³-hybridized carbons (Fsp3) is 0.235. The van der Waals surface area contributed by atoms with Gasteiger partial charge in [-0.05, 0) is 49.1 Å². The summed E-state index contributed by atoms with van der Waals surface area (Å²) in [5.74, 6) is 1.68. The van der Waals surface area contributed by atoms with Crippen LogP contribution in [0.15, 0.2) is 53.4 Å². The molecule has 0 radical (unpaired) electrons. The molecule has 20 heavy (non-hydrogen) atoms. The van der Waals surface area contributed by atoms with E-state index in [2.05, 4.69) is 6.92 Å². The Hall–Kier alpha value is -1.74. The Kier molecular flexibility index (Phi) is 5.24. The van der Waals surface area contributed by atoms with Crippen molar-refractivity contribution in [3.63, 3.8) is 0 Å². The average Bonchev–Trinajstić information content (AvgIpc) is 2.49. The molecule has 0 amide bonds. The Bertz CT molecular complexity index is 576. The summed E-state index contributed by atoms with van der Waals surface area (Å²) < 4.78 is 5.52. The summed E-state index contributed by atoms with van der Waals surface area (Å²) >= 11 is 1.77. The van der Waals surface area contributed by atoms with E-state index in [1.807, 2.05) is 55.5 Å². The van der Waals surface area contributed by atoms with Crippen molar-refractivity contribution in [2.24, 2.45) is 0 Å². The van der Waals surface area contributed by atoms with E-state index in [1.165, 1.54) is 4.90 Å². The van der Waals surface area contributed by atoms with Crippen LogP contribution >= 0.6 is 11.8 Å². The topological polar surface area (TPSA) is 26.3 Å². The first-order valence-electron chi connectivity index (χ1n) is 6.75. The molecular formula is C17H18O2S. The Balaban J connectivity index is 2.26. The largest absolute Gasteiger partial charge is 0.493 e. The second kappa shape index (κ2) is 7.15. The van der Waals surface area contributed by atoms with Gasteiger partial charge in [0.25, 0.3) is 0 Å². The van der Waals surface area contributed by atoms with Crippen LogP contribution in [0.4, 0.5) is 0 Å². The molecule has 0 aromatic heterocycles. The number of hydrogen-bond donors (Lipinski definition) is 0. The molecule has 0 aliphatic heterocycles. The quantitative estimate of drug-likeness (QED) is 0.580. The molecule has 0 aliphatic carbocycles. The van der Waals surface area contributed by atoms with Gasteiger partial charge in [-0.2, -0.15) is 0 Å². The third-order valence-electron chi connectivity index (χ3n) is 2.86. The predicted molar refractivity (Wildman–Crippen MR) is 83.9 cm³/mol. The second-order valence-corrected chi connectivity index (χ2v) is 5.55. The molecule has 2 rings (SSSR count). The molecule has 0 unspecified atom stereocenters. The molecule has 2 nitrogen and oxygen atoms in total. The Labute approximate surface area is 124 Å². The lowest BCUT2D eigenvalue weighted by molar-refractivity contribution is 0.103. The number of carbonyl (C=O) groups is 1. The summed E-state index contributed by atoms with van der Waals surface area (Å²) in [6, 6.07) is 15.1. The van der Waals surface area contributed by atoms with Crippen molar-refractivity contribution in [1.29, 1.82) is 0 Å². The lowest BCUT2D eigenvalue weighted by Crippen LogP contribution is -2.05. The summed E-state index contributed by atoms with van der Waals surface area (Å²) in [5.41, 5.74) is 1.31. The van der Waals surface area contributed by atoms with Gasteiger partial charge in [-0.1, -0.05) is 19.1 Å². The maximum Gasteiger partial charge on any atom is 0.196 e. The fourth-order valence-corrected chi connectivity index (χ4v) is 2.62. The van der Waals surface area contributed by atoms with Gasteiger partial charge in [0.05, 0.1) is 12.2 Å². The lowest BCUT2D eigenvalue weighted by Gasteiger charge is -2.09. The standard InChI is InChI=1S/C17H18O2S/c1-3-19-16-8-6-5-7-15(16)17(18)13-9-11-14(12-10-13)20-4-2/h5-12H,3-4H2,1-2H3. The number of carbonyl (C=O) groups excluding carboxylic acids is 1. The third-order valence-corrected chi connectivity index (χ3v) is 3.75. The molecule has 0 bridgehead atoms. The van der Waals surface area contributed by atoms with Crippen LogP contribution in [0.25, 0.3) is 0 Å². The molecule has 2 aromatic rings. The van der Waals surface area contributed by atoms with Gasteiger partial charge < -0.3 is 4.74 Å². The zero-order chi connectivity index (χ0) is 14.4. The van der Waals surface area contributed by atoms with Gasteiger partial charge in [0.15, 0.2) is 5.78 Å². The number of thioether (sulfide) groups is 1. The van der Waals surface area contributed by atoms with Crippen molar-refractivity contribution < 1.29 is 9.53 Å². The van der Waals surface area contributed by atoms with Crippen molar-refractivity contribution in [2.45, 2.75) is 18.7 Å². The van der Waals surface area contributed by atoms with Crippen molar-refractivity contribution >= 4 is 17.5 Å². The van der Waals surface area contributed by atoms with Crippen molar-refractivity contribution in [1.82, 2.24) is 0 Å². The van der Waals surface area contributed by atoms with Gasteiger partial charge in [0.2, 0.25) is 0 Å². The smallest absolute Gasteiger partial charge is 0.196 e. The molecule has 0 spiro atoms. The maximum absolute atomic E-state index is 12.5. The second-order valence-electron chi connectivity index (χ2n) is 4.22. The summed E-state index contributed by atoms with van der Waals surface area (Å²) in [5, 5.41) is 0. The molecule has 0 heterocycles. The van der Waals surface area contributed by atoms with E-state index in [0.29, 0.717) is 23.5 Å². The SMILES string of the molecule is CCOc1ccccc1C(=O)c1ccc(SCC)cc1. The third kappa shape index (κ3) is 3.42. The highest BCUT2D eigenvalue weighted by Crippen LogP contribution is 2.23. The van der Waals surface area contributed by atoms with Gasteiger partial charge in [0, 0.05) is 10.5 Å². The normalized spacial score (nSPS) is 10.3. The minimum absolute atomic E-state index is 0.00194. The Morgan fingerprint density at radius 3 is 2.40 bits per heavy atom. The number of rotatable bonds is 6. The highest BCUT2D eigenvalue weighted by molar-refractivity contribution is 7.99. The molecule has 104 valence electrons. The van der Waals surface area contributed by atoms with Crippen LogP contribution < -0.4 is 4.74 Å². The predicted octanol–water partition coefficient (Wildman–Crippen LogP) is 4.43. The minimum Gasteiger partial charge on any atom is -0.493 e. The van der Waals surface area contributed by atoms with E-state index in [9.17, 15) is 4.79 Å². The van der Waals surface area contributed by atoms with Gasteiger partial charge in [-0.25, -0.2) is 0 Å². The lowest BCUT2D eigenvalue weighted by atomic mass is 10.0. The number of benzene rings is 2. The summed E-state index contributed by atoms with van der Waals surface area (Å²) in [4.78, 5) is 13.7. The van der Waals surface area contributed by atoms with Gasteiger partial charge >= 0.3 is 0 Å². The Morgan fingerprint density at radius 2 is 1.75 bits per heavy atom. The monoisotopic (exact) mass is 286 g/mol. The van der Waals surface area contributed by atoms with Crippen molar-refractivity contribution in [2.75, 3.05) is 12.4 Å². The van der Waals surface area contributed by atoms with E-state index in [1.54, 1.807) is 11.8 Å². The van der Waals surface area contributed by atoms with Crippen LogP contribution in [0.3, 0.4) is 0 Å². The minimum atomic E-state index is 0.00194.